The second-order valence-corrected chi connectivity index (χ2v) is 5.38. The molecular weight excluding hydrogens is 220 g/mol. The zero-order chi connectivity index (χ0) is 11.2. The summed E-state index contributed by atoms with van der Waals surface area (Å²) in [5.41, 5.74) is 3.18. The molecule has 0 aromatic heterocycles. The lowest BCUT2D eigenvalue weighted by Gasteiger charge is -2.40. The van der Waals surface area contributed by atoms with Gasteiger partial charge in [0, 0.05) is 17.1 Å². The van der Waals surface area contributed by atoms with E-state index in [2.05, 4.69) is 29.4 Å². The van der Waals surface area contributed by atoms with Gasteiger partial charge in [-0.25, -0.2) is 0 Å². The van der Waals surface area contributed by atoms with E-state index in [9.17, 15) is 0 Å². The van der Waals surface area contributed by atoms with E-state index in [0.29, 0.717) is 0 Å². The average Bonchev–Trinajstić information content (AvgIpc) is 2.53. The summed E-state index contributed by atoms with van der Waals surface area (Å²) in [6.07, 6.45) is 2.41. The first kappa shape index (κ1) is 10.6. The summed E-state index contributed by atoms with van der Waals surface area (Å²) < 4.78 is 0. The maximum atomic E-state index is 6.07. The van der Waals surface area contributed by atoms with Gasteiger partial charge in [0.05, 0.1) is 0 Å². The van der Waals surface area contributed by atoms with E-state index < -0.39 is 0 Å². The number of benzene rings is 1. The van der Waals surface area contributed by atoms with Crippen LogP contribution in [0.3, 0.4) is 0 Å². The van der Waals surface area contributed by atoms with Gasteiger partial charge in [-0.05, 0) is 56.2 Å². The minimum atomic E-state index is 0.269. The van der Waals surface area contributed by atoms with Crippen molar-refractivity contribution < 1.29 is 0 Å². The molecule has 2 heterocycles. The lowest BCUT2D eigenvalue weighted by atomic mass is 9.81. The fourth-order valence-corrected chi connectivity index (χ4v) is 3.45. The van der Waals surface area contributed by atoms with Gasteiger partial charge in [0.2, 0.25) is 0 Å². The highest BCUT2D eigenvalue weighted by molar-refractivity contribution is 6.30. The SMILES string of the molecule is CN1Cc2cc(Cl)ccc2C12CCNCC2. The molecular formula is C13H17ClN2. The van der Waals surface area contributed by atoms with Gasteiger partial charge in [-0.2, -0.15) is 0 Å². The lowest BCUT2D eigenvalue weighted by molar-refractivity contribution is 0.0966. The number of piperidine rings is 1. The number of nitrogens with zero attached hydrogens (tertiary/aromatic N) is 1. The highest BCUT2D eigenvalue weighted by atomic mass is 35.5. The molecule has 2 aliphatic rings. The molecule has 1 spiro atoms. The molecule has 1 aromatic rings. The molecule has 0 bridgehead atoms. The molecule has 16 heavy (non-hydrogen) atoms. The molecule has 0 atom stereocenters. The zero-order valence-electron chi connectivity index (χ0n) is 9.59. The van der Waals surface area contributed by atoms with Crippen molar-refractivity contribution in [2.24, 2.45) is 0 Å². The second kappa shape index (κ2) is 3.73. The van der Waals surface area contributed by atoms with Crippen LogP contribution in [0.4, 0.5) is 0 Å². The first-order valence-corrected chi connectivity index (χ1v) is 6.31. The highest BCUT2D eigenvalue weighted by Crippen LogP contribution is 2.44. The highest BCUT2D eigenvalue weighted by Gasteiger charge is 2.43. The van der Waals surface area contributed by atoms with Crippen LogP contribution in [0.2, 0.25) is 5.02 Å². The lowest BCUT2D eigenvalue weighted by Crippen LogP contribution is -2.46. The summed E-state index contributed by atoms with van der Waals surface area (Å²) in [7, 11) is 2.24. The molecule has 0 amide bonds. The third kappa shape index (κ3) is 1.41. The van der Waals surface area contributed by atoms with Crippen molar-refractivity contribution in [2.45, 2.75) is 24.9 Å². The van der Waals surface area contributed by atoms with E-state index >= 15 is 0 Å². The Morgan fingerprint density at radius 2 is 2.06 bits per heavy atom. The molecule has 0 unspecified atom stereocenters. The first-order chi connectivity index (χ1) is 7.72. The summed E-state index contributed by atoms with van der Waals surface area (Å²) in [5.74, 6) is 0. The Balaban J connectivity index is 2.07. The Labute approximate surface area is 102 Å². The molecule has 0 radical (unpaired) electrons. The summed E-state index contributed by atoms with van der Waals surface area (Å²) in [6.45, 7) is 3.27. The molecule has 1 aromatic carbocycles. The number of halogens is 1. The van der Waals surface area contributed by atoms with Crippen LogP contribution >= 0.6 is 11.6 Å². The van der Waals surface area contributed by atoms with Crippen LogP contribution in [0.1, 0.15) is 24.0 Å². The van der Waals surface area contributed by atoms with Crippen molar-refractivity contribution in [1.29, 1.82) is 0 Å². The summed E-state index contributed by atoms with van der Waals surface area (Å²) in [6, 6.07) is 6.39. The largest absolute Gasteiger partial charge is 0.317 e. The minimum absolute atomic E-state index is 0.269. The number of fused-ring (bicyclic) bond motifs is 2. The molecule has 1 N–H and O–H groups in total. The maximum absolute atomic E-state index is 6.07. The molecule has 2 aliphatic heterocycles. The van der Waals surface area contributed by atoms with E-state index in [0.717, 1.165) is 24.7 Å². The third-order valence-corrected chi connectivity index (χ3v) is 4.37. The van der Waals surface area contributed by atoms with Crippen molar-refractivity contribution in [1.82, 2.24) is 10.2 Å². The topological polar surface area (TPSA) is 15.3 Å². The van der Waals surface area contributed by atoms with Gasteiger partial charge in [0.15, 0.2) is 0 Å². The Morgan fingerprint density at radius 1 is 1.31 bits per heavy atom. The normalized spacial score (nSPS) is 23.6. The third-order valence-electron chi connectivity index (χ3n) is 4.14. The molecule has 3 rings (SSSR count). The quantitative estimate of drug-likeness (QED) is 0.744. The molecule has 0 saturated carbocycles. The van der Waals surface area contributed by atoms with Gasteiger partial charge in [-0.3, -0.25) is 4.90 Å². The van der Waals surface area contributed by atoms with Gasteiger partial charge >= 0.3 is 0 Å². The molecule has 3 heteroatoms. The van der Waals surface area contributed by atoms with Crippen molar-refractivity contribution in [3.63, 3.8) is 0 Å². The van der Waals surface area contributed by atoms with Gasteiger partial charge in [0.25, 0.3) is 0 Å². The smallest absolute Gasteiger partial charge is 0.0488 e. The van der Waals surface area contributed by atoms with Crippen molar-refractivity contribution in [3.05, 3.63) is 34.3 Å². The fraction of sp³-hybridized carbons (Fsp3) is 0.538. The first-order valence-electron chi connectivity index (χ1n) is 5.93. The molecule has 0 aliphatic carbocycles. The number of hydrogen-bond donors (Lipinski definition) is 1. The average molecular weight is 237 g/mol. The van der Waals surface area contributed by atoms with Gasteiger partial charge in [-0.15, -0.1) is 0 Å². The predicted octanol–water partition coefficient (Wildman–Crippen LogP) is 2.36. The van der Waals surface area contributed by atoms with E-state index in [1.54, 1.807) is 0 Å². The number of hydrogen-bond acceptors (Lipinski definition) is 2. The van der Waals surface area contributed by atoms with Crippen molar-refractivity contribution in [3.8, 4) is 0 Å². The van der Waals surface area contributed by atoms with E-state index in [1.807, 2.05) is 6.07 Å². The van der Waals surface area contributed by atoms with Crippen molar-refractivity contribution >= 4 is 11.6 Å². The predicted molar refractivity (Wildman–Crippen MR) is 66.7 cm³/mol. The molecule has 1 fully saturated rings. The molecule has 86 valence electrons. The molecule has 2 nitrogen and oxygen atoms in total. The summed E-state index contributed by atoms with van der Waals surface area (Å²) >= 11 is 6.07. The monoisotopic (exact) mass is 236 g/mol. The number of nitrogens with one attached hydrogen (secondary N) is 1. The van der Waals surface area contributed by atoms with Gasteiger partial charge < -0.3 is 5.32 Å². The fourth-order valence-electron chi connectivity index (χ4n) is 3.25. The Hall–Kier alpha value is -0.570. The van der Waals surface area contributed by atoms with Gasteiger partial charge in [0.1, 0.15) is 0 Å². The minimum Gasteiger partial charge on any atom is -0.317 e. The van der Waals surface area contributed by atoms with Crippen LogP contribution in [-0.4, -0.2) is 25.0 Å². The Kier molecular flexibility index (Phi) is 2.46. The van der Waals surface area contributed by atoms with Crippen LogP contribution in [0, 0.1) is 0 Å². The zero-order valence-corrected chi connectivity index (χ0v) is 10.3. The van der Waals surface area contributed by atoms with E-state index in [4.69, 9.17) is 11.6 Å². The number of rotatable bonds is 0. The summed E-state index contributed by atoms with van der Waals surface area (Å²) in [5, 5.41) is 4.31. The van der Waals surface area contributed by atoms with Crippen LogP contribution in [-0.2, 0) is 12.1 Å². The van der Waals surface area contributed by atoms with Gasteiger partial charge in [-0.1, -0.05) is 17.7 Å². The molecule has 1 saturated heterocycles. The maximum Gasteiger partial charge on any atom is 0.0488 e. The van der Waals surface area contributed by atoms with Crippen LogP contribution in [0.5, 0.6) is 0 Å². The van der Waals surface area contributed by atoms with Crippen LogP contribution < -0.4 is 5.32 Å². The van der Waals surface area contributed by atoms with E-state index in [-0.39, 0.29) is 5.54 Å². The van der Waals surface area contributed by atoms with Crippen molar-refractivity contribution in [2.75, 3.05) is 20.1 Å². The van der Waals surface area contributed by atoms with Crippen LogP contribution in [0.25, 0.3) is 0 Å². The standard InChI is InChI=1S/C13H17ClN2/c1-16-9-10-8-11(14)2-3-12(10)13(16)4-6-15-7-5-13/h2-3,8,15H,4-7,9H2,1H3. The Morgan fingerprint density at radius 3 is 2.81 bits per heavy atom. The van der Waals surface area contributed by atoms with E-state index in [1.165, 1.54) is 24.0 Å². The van der Waals surface area contributed by atoms with Crippen LogP contribution in [0.15, 0.2) is 18.2 Å². The summed E-state index contributed by atoms with van der Waals surface area (Å²) in [4.78, 5) is 2.49. The second-order valence-electron chi connectivity index (χ2n) is 4.94. The Bertz CT molecular complexity index is 410.